The minimum absolute atomic E-state index is 0.102. The van der Waals surface area contributed by atoms with Crippen LogP contribution in [0.15, 0.2) is 53.4 Å². The summed E-state index contributed by atoms with van der Waals surface area (Å²) in [6, 6.07) is 13.5. The van der Waals surface area contributed by atoms with Gasteiger partial charge in [-0.3, -0.25) is 14.3 Å². The fourth-order valence-electron chi connectivity index (χ4n) is 4.14. The second kappa shape index (κ2) is 10.2. The second-order valence-corrected chi connectivity index (χ2v) is 10.1. The summed E-state index contributed by atoms with van der Waals surface area (Å²) in [6.07, 6.45) is 3.58. The summed E-state index contributed by atoms with van der Waals surface area (Å²) in [5, 5.41) is 2.72. The summed E-state index contributed by atoms with van der Waals surface area (Å²) in [6.45, 7) is 6.01. The number of sulfonamides is 1. The van der Waals surface area contributed by atoms with Crippen molar-refractivity contribution in [2.45, 2.75) is 63.4 Å². The molecule has 2 amide bonds. The van der Waals surface area contributed by atoms with E-state index in [1.807, 2.05) is 18.7 Å². The molecule has 8 heteroatoms. The first-order chi connectivity index (χ1) is 15.2. The van der Waals surface area contributed by atoms with Gasteiger partial charge >= 0.3 is 0 Å². The maximum atomic E-state index is 13.3. The zero-order chi connectivity index (χ0) is 23.3. The number of carbonyl (C=O) groups is 2. The van der Waals surface area contributed by atoms with E-state index in [0.717, 1.165) is 24.8 Å². The van der Waals surface area contributed by atoms with Crippen LogP contribution in [0.4, 0.5) is 5.69 Å². The van der Waals surface area contributed by atoms with E-state index in [-0.39, 0.29) is 34.5 Å². The number of rotatable bonds is 7. The molecule has 0 aromatic heterocycles. The third-order valence-electron chi connectivity index (χ3n) is 5.85. The van der Waals surface area contributed by atoms with E-state index >= 15 is 0 Å². The van der Waals surface area contributed by atoms with Gasteiger partial charge < -0.3 is 10.2 Å². The van der Waals surface area contributed by atoms with Crippen LogP contribution in [0.1, 0.15) is 56.0 Å². The molecule has 0 unspecified atom stereocenters. The Bertz CT molecular complexity index is 1060. The Morgan fingerprint density at radius 3 is 2.25 bits per heavy atom. The Hall–Kier alpha value is -2.87. The van der Waals surface area contributed by atoms with Crippen LogP contribution in [-0.2, 0) is 21.2 Å². The lowest BCUT2D eigenvalue weighted by atomic mass is 9.96. The molecule has 0 bridgehead atoms. The zero-order valence-corrected chi connectivity index (χ0v) is 19.6. The molecule has 2 N–H and O–H groups in total. The lowest BCUT2D eigenvalue weighted by Gasteiger charge is -2.39. The Labute approximate surface area is 190 Å². The number of benzene rings is 2. The van der Waals surface area contributed by atoms with Gasteiger partial charge in [0.05, 0.1) is 16.1 Å². The predicted octanol–water partition coefficient (Wildman–Crippen LogP) is 3.57. The van der Waals surface area contributed by atoms with Crippen LogP contribution in [0.3, 0.4) is 0 Å². The molecule has 1 saturated heterocycles. The molecular weight excluding hydrogens is 426 g/mol. The molecule has 1 aliphatic rings. The van der Waals surface area contributed by atoms with Crippen LogP contribution in [0, 0.1) is 0 Å². The van der Waals surface area contributed by atoms with Gasteiger partial charge in [0.15, 0.2) is 0 Å². The molecule has 0 saturated carbocycles. The van der Waals surface area contributed by atoms with Crippen molar-refractivity contribution in [1.29, 1.82) is 0 Å². The monoisotopic (exact) mass is 457 g/mol. The third-order valence-corrected chi connectivity index (χ3v) is 7.23. The predicted molar refractivity (Wildman–Crippen MR) is 125 cm³/mol. The lowest BCUT2D eigenvalue weighted by molar-refractivity contribution is -0.118. The summed E-state index contributed by atoms with van der Waals surface area (Å²) in [7, 11) is -3.87. The van der Waals surface area contributed by atoms with Crippen molar-refractivity contribution in [1.82, 2.24) is 10.2 Å². The average molecular weight is 458 g/mol. The zero-order valence-electron chi connectivity index (χ0n) is 18.8. The molecular formula is C24H31N3O4S. The first-order valence-electron chi connectivity index (χ1n) is 11.0. The van der Waals surface area contributed by atoms with Gasteiger partial charge in [-0.25, -0.2) is 8.42 Å². The molecule has 2 atom stereocenters. The number of anilines is 1. The van der Waals surface area contributed by atoms with Crippen molar-refractivity contribution in [2.24, 2.45) is 0 Å². The number of amides is 2. The number of piperidine rings is 1. The van der Waals surface area contributed by atoms with Crippen LogP contribution >= 0.6 is 0 Å². The van der Waals surface area contributed by atoms with E-state index < -0.39 is 10.0 Å². The highest BCUT2D eigenvalue weighted by molar-refractivity contribution is 7.92. The summed E-state index contributed by atoms with van der Waals surface area (Å²) < 4.78 is 28.6. The van der Waals surface area contributed by atoms with Crippen molar-refractivity contribution in [3.05, 3.63) is 59.7 Å². The van der Waals surface area contributed by atoms with Crippen LogP contribution < -0.4 is 10.0 Å². The Morgan fingerprint density at radius 2 is 1.62 bits per heavy atom. The van der Waals surface area contributed by atoms with Crippen molar-refractivity contribution < 1.29 is 18.0 Å². The molecule has 0 spiro atoms. The maximum absolute atomic E-state index is 13.3. The fraction of sp³-hybridized carbons (Fsp3) is 0.417. The van der Waals surface area contributed by atoms with Gasteiger partial charge in [-0.15, -0.1) is 0 Å². The van der Waals surface area contributed by atoms with Crippen molar-refractivity contribution >= 4 is 27.5 Å². The normalized spacial score (nSPS) is 18.8. The summed E-state index contributed by atoms with van der Waals surface area (Å²) in [5.74, 6) is -0.258. The van der Waals surface area contributed by atoms with Gasteiger partial charge in [0.1, 0.15) is 0 Å². The minimum atomic E-state index is -3.87. The number of likely N-dealkylation sites (tertiary alicyclic amines) is 1. The molecule has 0 radical (unpaired) electrons. The maximum Gasteiger partial charge on any atom is 0.261 e. The Morgan fingerprint density at radius 1 is 1.00 bits per heavy atom. The molecule has 3 rings (SSSR count). The largest absolute Gasteiger partial charge is 0.356 e. The molecule has 172 valence electrons. The van der Waals surface area contributed by atoms with E-state index in [1.54, 1.807) is 36.4 Å². The van der Waals surface area contributed by atoms with Crippen LogP contribution in [0.25, 0.3) is 0 Å². The first kappa shape index (κ1) is 23.8. The lowest BCUT2D eigenvalue weighted by Crippen LogP contribution is -2.47. The van der Waals surface area contributed by atoms with Gasteiger partial charge in [-0.2, -0.15) is 0 Å². The molecule has 2 aromatic carbocycles. The minimum Gasteiger partial charge on any atom is -0.356 e. The van der Waals surface area contributed by atoms with Gasteiger partial charge in [0, 0.05) is 25.6 Å². The van der Waals surface area contributed by atoms with Gasteiger partial charge in [0.2, 0.25) is 5.91 Å². The summed E-state index contributed by atoms with van der Waals surface area (Å²) in [5.41, 5.74) is 1.54. The number of nitrogens with zero attached hydrogens (tertiary/aromatic N) is 1. The van der Waals surface area contributed by atoms with Crippen LogP contribution in [0.5, 0.6) is 0 Å². The molecule has 1 aliphatic heterocycles. The van der Waals surface area contributed by atoms with Gasteiger partial charge in [-0.1, -0.05) is 24.3 Å². The molecule has 1 fully saturated rings. The second-order valence-electron chi connectivity index (χ2n) is 8.37. The fourth-order valence-corrected chi connectivity index (χ4v) is 5.22. The van der Waals surface area contributed by atoms with E-state index in [0.29, 0.717) is 18.5 Å². The Kier molecular flexibility index (Phi) is 7.56. The Balaban J connectivity index is 1.78. The molecule has 32 heavy (non-hydrogen) atoms. The van der Waals surface area contributed by atoms with E-state index in [2.05, 4.69) is 10.0 Å². The SMILES string of the molecule is CC(=O)NCCc1ccc(S(=O)(=O)Nc2ccccc2C(=O)N2[C@H](C)CCC[C@@H]2C)cc1. The van der Waals surface area contributed by atoms with Gasteiger partial charge in [0.25, 0.3) is 15.9 Å². The van der Waals surface area contributed by atoms with E-state index in [1.165, 1.54) is 19.1 Å². The van der Waals surface area contributed by atoms with Crippen molar-refractivity contribution in [2.75, 3.05) is 11.3 Å². The number of hydrogen-bond donors (Lipinski definition) is 2. The number of carbonyl (C=O) groups excluding carboxylic acids is 2. The molecule has 0 aliphatic carbocycles. The number of nitrogens with one attached hydrogen (secondary N) is 2. The molecule has 7 nitrogen and oxygen atoms in total. The third kappa shape index (κ3) is 5.68. The van der Waals surface area contributed by atoms with Gasteiger partial charge in [-0.05, 0) is 69.4 Å². The molecule has 1 heterocycles. The van der Waals surface area contributed by atoms with Crippen molar-refractivity contribution in [3.8, 4) is 0 Å². The van der Waals surface area contributed by atoms with E-state index in [4.69, 9.17) is 0 Å². The van der Waals surface area contributed by atoms with Crippen LogP contribution in [0.2, 0.25) is 0 Å². The standard InChI is InChI=1S/C24H31N3O4S/c1-17-7-6-8-18(2)27(17)24(29)22-9-4-5-10-23(22)26-32(30,31)21-13-11-20(12-14-21)15-16-25-19(3)28/h4-5,9-14,17-18,26H,6-8,15-16H2,1-3H3,(H,25,28)/t17-,18+. The quantitative estimate of drug-likeness (QED) is 0.664. The highest BCUT2D eigenvalue weighted by atomic mass is 32.2. The summed E-state index contributed by atoms with van der Waals surface area (Å²) in [4.78, 5) is 26.3. The number of hydrogen-bond acceptors (Lipinski definition) is 4. The highest BCUT2D eigenvalue weighted by Gasteiger charge is 2.31. The number of para-hydroxylation sites is 1. The average Bonchev–Trinajstić information content (AvgIpc) is 2.74. The topological polar surface area (TPSA) is 95.6 Å². The highest BCUT2D eigenvalue weighted by Crippen LogP contribution is 2.28. The summed E-state index contributed by atoms with van der Waals surface area (Å²) >= 11 is 0. The molecule has 2 aromatic rings. The smallest absolute Gasteiger partial charge is 0.261 e. The van der Waals surface area contributed by atoms with Crippen molar-refractivity contribution in [3.63, 3.8) is 0 Å². The van der Waals surface area contributed by atoms with Crippen LogP contribution in [-0.4, -0.2) is 43.8 Å². The van der Waals surface area contributed by atoms with E-state index in [9.17, 15) is 18.0 Å². The first-order valence-corrected chi connectivity index (χ1v) is 12.5.